The molecular formula is C13H18N4. The summed E-state index contributed by atoms with van der Waals surface area (Å²) < 4.78 is 1.88. The average Bonchev–Trinajstić information content (AvgIpc) is 2.72. The number of rotatable bonds is 4. The molecule has 0 amide bonds. The van der Waals surface area contributed by atoms with Gasteiger partial charge >= 0.3 is 0 Å². The summed E-state index contributed by atoms with van der Waals surface area (Å²) in [6.45, 7) is 2.10. The Hall–Kier alpha value is -1.68. The summed E-state index contributed by atoms with van der Waals surface area (Å²) in [7, 11) is 1.95. The SMILES string of the molecule is CCc1cc(C(N)Cc2ccncc2)n(C)n1. The standard InChI is InChI=1S/C13H18N4/c1-3-11-9-13(17(2)16-11)12(14)8-10-4-6-15-7-5-10/h4-7,9,12H,3,8,14H2,1-2H3. The highest BCUT2D eigenvalue weighted by atomic mass is 15.3. The van der Waals surface area contributed by atoms with Crippen LogP contribution in [0.4, 0.5) is 0 Å². The number of pyridine rings is 1. The van der Waals surface area contributed by atoms with Crippen LogP contribution in [-0.2, 0) is 19.9 Å². The number of hydrogen-bond donors (Lipinski definition) is 1. The van der Waals surface area contributed by atoms with E-state index < -0.39 is 0 Å². The Labute approximate surface area is 101 Å². The first-order valence-electron chi connectivity index (χ1n) is 5.88. The highest BCUT2D eigenvalue weighted by Gasteiger charge is 2.12. The molecule has 0 aromatic carbocycles. The van der Waals surface area contributed by atoms with E-state index in [2.05, 4.69) is 23.1 Å². The summed E-state index contributed by atoms with van der Waals surface area (Å²) >= 11 is 0. The van der Waals surface area contributed by atoms with Crippen LogP contribution in [0.1, 0.15) is 29.9 Å². The van der Waals surface area contributed by atoms with Crippen molar-refractivity contribution in [1.82, 2.24) is 14.8 Å². The minimum Gasteiger partial charge on any atom is -0.322 e. The molecule has 4 nitrogen and oxygen atoms in total. The lowest BCUT2D eigenvalue weighted by molar-refractivity contribution is 0.614. The summed E-state index contributed by atoms with van der Waals surface area (Å²) in [6.07, 6.45) is 5.34. The highest BCUT2D eigenvalue weighted by Crippen LogP contribution is 2.16. The number of hydrogen-bond acceptors (Lipinski definition) is 3. The van der Waals surface area contributed by atoms with Crippen LogP contribution in [-0.4, -0.2) is 14.8 Å². The van der Waals surface area contributed by atoms with Crippen LogP contribution in [0.2, 0.25) is 0 Å². The van der Waals surface area contributed by atoms with Crippen molar-refractivity contribution in [2.45, 2.75) is 25.8 Å². The van der Waals surface area contributed by atoms with Gasteiger partial charge in [0, 0.05) is 19.4 Å². The number of nitrogens with two attached hydrogens (primary N) is 1. The summed E-state index contributed by atoms with van der Waals surface area (Å²) in [5, 5.41) is 4.42. The van der Waals surface area contributed by atoms with Gasteiger partial charge in [-0.2, -0.15) is 5.10 Å². The summed E-state index contributed by atoms with van der Waals surface area (Å²) in [5.74, 6) is 0. The monoisotopic (exact) mass is 230 g/mol. The third-order valence-electron chi connectivity index (χ3n) is 2.91. The van der Waals surface area contributed by atoms with Crippen molar-refractivity contribution < 1.29 is 0 Å². The lowest BCUT2D eigenvalue weighted by atomic mass is 10.0. The maximum absolute atomic E-state index is 6.21. The van der Waals surface area contributed by atoms with E-state index in [1.807, 2.05) is 23.9 Å². The lowest BCUT2D eigenvalue weighted by Crippen LogP contribution is -2.17. The molecule has 2 rings (SSSR count). The first-order valence-corrected chi connectivity index (χ1v) is 5.88. The van der Waals surface area contributed by atoms with E-state index in [1.54, 1.807) is 12.4 Å². The van der Waals surface area contributed by atoms with Gasteiger partial charge in [-0.05, 0) is 36.6 Å². The van der Waals surface area contributed by atoms with Crippen LogP contribution in [0.15, 0.2) is 30.6 Å². The molecule has 0 radical (unpaired) electrons. The van der Waals surface area contributed by atoms with Gasteiger partial charge in [-0.1, -0.05) is 6.92 Å². The molecule has 0 spiro atoms. The Kier molecular flexibility index (Phi) is 3.54. The minimum atomic E-state index is -0.0183. The van der Waals surface area contributed by atoms with Crippen molar-refractivity contribution in [3.05, 3.63) is 47.5 Å². The Morgan fingerprint density at radius 1 is 1.35 bits per heavy atom. The van der Waals surface area contributed by atoms with Crippen molar-refractivity contribution in [3.8, 4) is 0 Å². The molecular weight excluding hydrogens is 212 g/mol. The van der Waals surface area contributed by atoms with Gasteiger partial charge in [-0.25, -0.2) is 0 Å². The molecule has 0 fully saturated rings. The minimum absolute atomic E-state index is 0.0183. The molecule has 2 aromatic rings. The molecule has 0 saturated heterocycles. The van der Waals surface area contributed by atoms with Crippen molar-refractivity contribution in [3.63, 3.8) is 0 Å². The van der Waals surface area contributed by atoms with Gasteiger partial charge in [-0.3, -0.25) is 9.67 Å². The van der Waals surface area contributed by atoms with Crippen LogP contribution in [0.3, 0.4) is 0 Å². The number of nitrogens with zero attached hydrogens (tertiary/aromatic N) is 3. The van der Waals surface area contributed by atoms with Gasteiger partial charge in [0.05, 0.1) is 17.4 Å². The largest absolute Gasteiger partial charge is 0.322 e. The molecule has 2 aromatic heterocycles. The fraction of sp³-hybridized carbons (Fsp3) is 0.385. The number of aromatic nitrogens is 3. The third-order valence-corrected chi connectivity index (χ3v) is 2.91. The van der Waals surface area contributed by atoms with Crippen molar-refractivity contribution >= 4 is 0 Å². The molecule has 2 N–H and O–H groups in total. The predicted molar refractivity (Wildman–Crippen MR) is 67.5 cm³/mol. The first-order chi connectivity index (χ1) is 8.20. The van der Waals surface area contributed by atoms with Crippen molar-refractivity contribution in [2.75, 3.05) is 0 Å². The zero-order valence-electron chi connectivity index (χ0n) is 10.3. The molecule has 4 heteroatoms. The average molecular weight is 230 g/mol. The van der Waals surface area contributed by atoms with Gasteiger partial charge in [0.15, 0.2) is 0 Å². The second-order valence-corrected chi connectivity index (χ2v) is 4.20. The van der Waals surface area contributed by atoms with E-state index in [9.17, 15) is 0 Å². The van der Waals surface area contributed by atoms with Gasteiger partial charge in [0.1, 0.15) is 0 Å². The van der Waals surface area contributed by atoms with E-state index in [0.29, 0.717) is 0 Å². The van der Waals surface area contributed by atoms with Crippen LogP contribution in [0.5, 0.6) is 0 Å². The molecule has 0 aliphatic heterocycles. The first kappa shape index (κ1) is 11.8. The molecule has 0 bridgehead atoms. The zero-order chi connectivity index (χ0) is 12.3. The summed E-state index contributed by atoms with van der Waals surface area (Å²) in [5.41, 5.74) is 9.59. The smallest absolute Gasteiger partial charge is 0.0625 e. The van der Waals surface area contributed by atoms with Gasteiger partial charge in [0.2, 0.25) is 0 Å². The van der Waals surface area contributed by atoms with Gasteiger partial charge in [0.25, 0.3) is 0 Å². The van der Waals surface area contributed by atoms with E-state index >= 15 is 0 Å². The second-order valence-electron chi connectivity index (χ2n) is 4.20. The summed E-state index contributed by atoms with van der Waals surface area (Å²) in [4.78, 5) is 4.00. The Bertz CT molecular complexity index is 475. The maximum atomic E-state index is 6.21. The second kappa shape index (κ2) is 5.10. The summed E-state index contributed by atoms with van der Waals surface area (Å²) in [6, 6.07) is 6.06. The molecule has 0 aliphatic rings. The normalized spacial score (nSPS) is 12.6. The quantitative estimate of drug-likeness (QED) is 0.868. The molecule has 17 heavy (non-hydrogen) atoms. The lowest BCUT2D eigenvalue weighted by Gasteiger charge is -2.11. The van der Waals surface area contributed by atoms with Crippen LogP contribution >= 0.6 is 0 Å². The molecule has 0 aliphatic carbocycles. The van der Waals surface area contributed by atoms with E-state index in [-0.39, 0.29) is 6.04 Å². The topological polar surface area (TPSA) is 56.7 Å². The highest BCUT2D eigenvalue weighted by molar-refractivity contribution is 5.18. The predicted octanol–water partition coefficient (Wildman–Crippen LogP) is 1.62. The fourth-order valence-corrected chi connectivity index (χ4v) is 1.94. The van der Waals surface area contributed by atoms with E-state index in [0.717, 1.165) is 24.2 Å². The Morgan fingerprint density at radius 3 is 2.65 bits per heavy atom. The third kappa shape index (κ3) is 2.71. The Balaban J connectivity index is 2.14. The van der Waals surface area contributed by atoms with Crippen molar-refractivity contribution in [1.29, 1.82) is 0 Å². The molecule has 2 heterocycles. The van der Waals surface area contributed by atoms with Crippen LogP contribution in [0, 0.1) is 0 Å². The fourth-order valence-electron chi connectivity index (χ4n) is 1.94. The molecule has 0 saturated carbocycles. The van der Waals surface area contributed by atoms with Gasteiger partial charge in [-0.15, -0.1) is 0 Å². The molecule has 1 unspecified atom stereocenters. The maximum Gasteiger partial charge on any atom is 0.0625 e. The van der Waals surface area contributed by atoms with E-state index in [4.69, 9.17) is 5.73 Å². The van der Waals surface area contributed by atoms with Crippen LogP contribution in [0.25, 0.3) is 0 Å². The molecule has 90 valence electrons. The molecule has 1 atom stereocenters. The zero-order valence-corrected chi connectivity index (χ0v) is 10.3. The van der Waals surface area contributed by atoms with Gasteiger partial charge < -0.3 is 5.73 Å². The Morgan fingerprint density at radius 2 is 2.06 bits per heavy atom. The van der Waals surface area contributed by atoms with E-state index in [1.165, 1.54) is 5.56 Å². The van der Waals surface area contributed by atoms with Crippen LogP contribution < -0.4 is 5.73 Å². The van der Waals surface area contributed by atoms with Crippen molar-refractivity contribution in [2.24, 2.45) is 12.8 Å². The number of aryl methyl sites for hydroxylation is 2.